The van der Waals surface area contributed by atoms with Crippen molar-refractivity contribution in [3.8, 4) is 0 Å². The molecule has 0 aromatic carbocycles. The van der Waals surface area contributed by atoms with Crippen LogP contribution in [-0.2, 0) is 19.5 Å². The Labute approximate surface area is 107 Å². The lowest BCUT2D eigenvalue weighted by atomic mass is 10.2. The van der Waals surface area contributed by atoms with E-state index in [1.54, 1.807) is 0 Å². The molecule has 0 spiro atoms. The van der Waals surface area contributed by atoms with Crippen molar-refractivity contribution in [3.63, 3.8) is 0 Å². The molecule has 0 aliphatic carbocycles. The van der Waals surface area contributed by atoms with Gasteiger partial charge in [0.05, 0.1) is 13.1 Å². The molecule has 0 amide bonds. The molecule has 0 atom stereocenters. The van der Waals surface area contributed by atoms with E-state index in [1.165, 1.54) is 57.4 Å². The van der Waals surface area contributed by atoms with Gasteiger partial charge >= 0.3 is 0 Å². The van der Waals surface area contributed by atoms with Crippen LogP contribution in [0.25, 0.3) is 0 Å². The third-order valence-electron chi connectivity index (χ3n) is 3.41. The predicted molar refractivity (Wildman–Crippen MR) is 73.1 cm³/mol. The smallest absolute Gasteiger partial charge is 0.234 e. The third kappa shape index (κ3) is 4.53. The van der Waals surface area contributed by atoms with Crippen molar-refractivity contribution in [2.75, 3.05) is 0 Å². The first-order chi connectivity index (χ1) is 8.33. The number of hydrogen-bond acceptors (Lipinski definition) is 0. The van der Waals surface area contributed by atoms with E-state index >= 15 is 0 Å². The van der Waals surface area contributed by atoms with Crippen LogP contribution in [0.2, 0.25) is 0 Å². The monoisotopic (exact) mass is 237 g/mol. The minimum absolute atomic E-state index is 1.14. The lowest BCUT2D eigenvalue weighted by Gasteiger charge is -2.03. The van der Waals surface area contributed by atoms with Gasteiger partial charge in [0, 0.05) is 6.42 Å². The molecule has 0 saturated carbocycles. The quantitative estimate of drug-likeness (QED) is 0.457. The van der Waals surface area contributed by atoms with Gasteiger partial charge < -0.3 is 0 Å². The number of hydrogen-bond donors (Lipinski definition) is 0. The first-order valence-corrected chi connectivity index (χ1v) is 7.40. The third-order valence-corrected chi connectivity index (χ3v) is 3.41. The maximum absolute atomic E-state index is 2.45. The largest absolute Gasteiger partial charge is 0.256 e. The molecular weight excluding hydrogens is 208 g/mol. The molecular formula is C15H29N2+. The molecule has 0 saturated heterocycles. The summed E-state index contributed by atoms with van der Waals surface area (Å²) in [4.78, 5) is 0. The summed E-state index contributed by atoms with van der Waals surface area (Å²) in [6, 6.07) is 0. The van der Waals surface area contributed by atoms with Gasteiger partial charge in [-0.15, -0.1) is 0 Å². The van der Waals surface area contributed by atoms with Crippen LogP contribution in [0.1, 0.15) is 65.1 Å². The van der Waals surface area contributed by atoms with E-state index in [-0.39, 0.29) is 0 Å². The second-order valence-electron chi connectivity index (χ2n) is 4.87. The summed E-state index contributed by atoms with van der Waals surface area (Å²) in [5.74, 6) is 1.50. The molecule has 0 radical (unpaired) electrons. The Bertz CT molecular complexity index is 274. The number of unbranched alkanes of at least 4 members (excludes halogenated alkanes) is 4. The number of aryl methyl sites for hydroxylation is 2. The van der Waals surface area contributed by atoms with E-state index < -0.39 is 0 Å². The SMILES string of the molecule is CCCCCn1cc[n+](CCCCC)c1CC. The highest BCUT2D eigenvalue weighted by Crippen LogP contribution is 2.03. The minimum atomic E-state index is 1.14. The molecule has 2 nitrogen and oxygen atoms in total. The Morgan fingerprint density at radius 2 is 1.71 bits per heavy atom. The van der Waals surface area contributed by atoms with Crippen LogP contribution in [0.3, 0.4) is 0 Å². The van der Waals surface area contributed by atoms with Crippen molar-refractivity contribution in [3.05, 3.63) is 18.2 Å². The van der Waals surface area contributed by atoms with Crippen LogP contribution in [0.4, 0.5) is 0 Å². The van der Waals surface area contributed by atoms with Gasteiger partial charge in [0.25, 0.3) is 5.82 Å². The molecule has 1 aromatic rings. The molecule has 0 aliphatic heterocycles. The lowest BCUT2D eigenvalue weighted by Crippen LogP contribution is -2.37. The predicted octanol–water partition coefficient (Wildman–Crippen LogP) is 3.72. The first kappa shape index (κ1) is 14.3. The highest BCUT2D eigenvalue weighted by atomic mass is 15.1. The van der Waals surface area contributed by atoms with Gasteiger partial charge in [-0.25, -0.2) is 9.13 Å². The van der Waals surface area contributed by atoms with Crippen molar-refractivity contribution in [2.45, 2.75) is 78.8 Å². The molecule has 1 rings (SSSR count). The van der Waals surface area contributed by atoms with E-state index in [0.29, 0.717) is 0 Å². The van der Waals surface area contributed by atoms with Crippen LogP contribution >= 0.6 is 0 Å². The fourth-order valence-electron chi connectivity index (χ4n) is 2.38. The topological polar surface area (TPSA) is 8.81 Å². The van der Waals surface area contributed by atoms with Crippen molar-refractivity contribution < 1.29 is 4.57 Å². The molecule has 0 bridgehead atoms. The normalized spacial score (nSPS) is 11.0. The van der Waals surface area contributed by atoms with Crippen molar-refractivity contribution in [1.82, 2.24) is 4.57 Å². The Morgan fingerprint density at radius 3 is 2.35 bits per heavy atom. The molecule has 0 unspecified atom stereocenters. The summed E-state index contributed by atoms with van der Waals surface area (Å²) in [5.41, 5.74) is 0. The molecule has 1 heterocycles. The van der Waals surface area contributed by atoms with Gasteiger partial charge in [0.15, 0.2) is 0 Å². The Morgan fingerprint density at radius 1 is 1.00 bits per heavy atom. The highest BCUT2D eigenvalue weighted by molar-refractivity contribution is 4.82. The zero-order chi connectivity index (χ0) is 12.5. The van der Waals surface area contributed by atoms with Gasteiger partial charge in [-0.1, -0.05) is 33.6 Å². The summed E-state index contributed by atoms with van der Waals surface area (Å²) in [6.07, 6.45) is 13.6. The lowest BCUT2D eigenvalue weighted by molar-refractivity contribution is -0.704. The highest BCUT2D eigenvalue weighted by Gasteiger charge is 2.13. The number of imidazole rings is 1. The van der Waals surface area contributed by atoms with Crippen LogP contribution in [0.15, 0.2) is 12.4 Å². The average Bonchev–Trinajstić information content (AvgIpc) is 2.72. The van der Waals surface area contributed by atoms with E-state index in [9.17, 15) is 0 Å². The summed E-state index contributed by atoms with van der Waals surface area (Å²) < 4.78 is 4.89. The van der Waals surface area contributed by atoms with Crippen LogP contribution in [0, 0.1) is 0 Å². The number of rotatable bonds is 9. The average molecular weight is 237 g/mol. The maximum atomic E-state index is 2.45. The standard InChI is InChI=1S/C15H29N2/c1-4-7-9-11-16-13-14-17(15(16)6-3)12-10-8-5-2/h13-14H,4-12H2,1-3H3/q+1. The van der Waals surface area contributed by atoms with Crippen LogP contribution < -0.4 is 4.57 Å². The van der Waals surface area contributed by atoms with Gasteiger partial charge in [-0.3, -0.25) is 0 Å². The van der Waals surface area contributed by atoms with E-state index in [4.69, 9.17) is 0 Å². The van der Waals surface area contributed by atoms with Gasteiger partial charge in [-0.05, 0) is 25.7 Å². The van der Waals surface area contributed by atoms with Crippen molar-refractivity contribution in [2.24, 2.45) is 0 Å². The van der Waals surface area contributed by atoms with E-state index in [0.717, 1.165) is 6.42 Å². The molecule has 0 aliphatic rings. The number of nitrogens with zero attached hydrogens (tertiary/aromatic N) is 2. The Balaban J connectivity index is 2.53. The van der Waals surface area contributed by atoms with E-state index in [1.807, 2.05) is 0 Å². The fourth-order valence-corrected chi connectivity index (χ4v) is 2.38. The van der Waals surface area contributed by atoms with Crippen LogP contribution in [-0.4, -0.2) is 4.57 Å². The molecule has 0 N–H and O–H groups in total. The molecule has 98 valence electrons. The van der Waals surface area contributed by atoms with Crippen LogP contribution in [0.5, 0.6) is 0 Å². The summed E-state index contributed by atoms with van der Waals surface area (Å²) in [7, 11) is 0. The number of aromatic nitrogens is 2. The molecule has 2 heteroatoms. The maximum Gasteiger partial charge on any atom is 0.256 e. The summed E-state index contributed by atoms with van der Waals surface area (Å²) in [5, 5.41) is 0. The zero-order valence-electron chi connectivity index (χ0n) is 11.9. The minimum Gasteiger partial charge on any atom is -0.234 e. The zero-order valence-corrected chi connectivity index (χ0v) is 11.9. The van der Waals surface area contributed by atoms with Gasteiger partial charge in [-0.2, -0.15) is 0 Å². The summed E-state index contributed by atoms with van der Waals surface area (Å²) >= 11 is 0. The molecule has 1 aromatic heterocycles. The van der Waals surface area contributed by atoms with Crippen molar-refractivity contribution >= 4 is 0 Å². The second kappa shape index (κ2) is 8.32. The fraction of sp³-hybridized carbons (Fsp3) is 0.800. The van der Waals surface area contributed by atoms with Crippen molar-refractivity contribution in [1.29, 1.82) is 0 Å². The molecule has 17 heavy (non-hydrogen) atoms. The second-order valence-corrected chi connectivity index (χ2v) is 4.87. The van der Waals surface area contributed by atoms with Gasteiger partial charge in [0.2, 0.25) is 0 Å². The van der Waals surface area contributed by atoms with E-state index in [2.05, 4.69) is 42.3 Å². The van der Waals surface area contributed by atoms with Gasteiger partial charge in [0.1, 0.15) is 12.4 Å². The Kier molecular flexibility index (Phi) is 6.99. The summed E-state index contributed by atoms with van der Waals surface area (Å²) in [6.45, 7) is 9.18. The molecule has 0 fully saturated rings. The first-order valence-electron chi connectivity index (χ1n) is 7.40. The Hall–Kier alpha value is -0.790.